The molecule has 27 heavy (non-hydrogen) atoms. The first-order chi connectivity index (χ1) is 13.1. The van der Waals surface area contributed by atoms with Gasteiger partial charge in [0, 0.05) is 43.6 Å². The highest BCUT2D eigenvalue weighted by atomic mass is 16.5. The second kappa shape index (κ2) is 8.77. The van der Waals surface area contributed by atoms with Gasteiger partial charge in [-0.3, -0.25) is 9.69 Å². The van der Waals surface area contributed by atoms with Crippen LogP contribution in [0.1, 0.15) is 6.92 Å². The first-order valence-electron chi connectivity index (χ1n) is 9.18. The van der Waals surface area contributed by atoms with Crippen LogP contribution in [0.15, 0.2) is 48.5 Å². The van der Waals surface area contributed by atoms with Crippen molar-refractivity contribution < 1.29 is 14.3 Å². The average Bonchev–Trinajstić information content (AvgIpc) is 2.73. The van der Waals surface area contributed by atoms with E-state index in [1.165, 1.54) is 5.69 Å². The van der Waals surface area contributed by atoms with E-state index in [2.05, 4.69) is 27.2 Å². The molecule has 1 fully saturated rings. The van der Waals surface area contributed by atoms with Gasteiger partial charge in [-0.1, -0.05) is 6.07 Å². The van der Waals surface area contributed by atoms with Crippen LogP contribution in [0.5, 0.6) is 11.5 Å². The minimum Gasteiger partial charge on any atom is -0.497 e. The Bertz CT molecular complexity index is 756. The third-order valence-electron chi connectivity index (χ3n) is 5.02. The average molecular weight is 369 g/mol. The molecule has 6 heteroatoms. The van der Waals surface area contributed by atoms with Crippen LogP contribution in [-0.4, -0.2) is 57.2 Å². The van der Waals surface area contributed by atoms with Crippen LogP contribution in [0, 0.1) is 0 Å². The zero-order valence-electron chi connectivity index (χ0n) is 16.1. The number of methoxy groups -OCH3 is 2. The van der Waals surface area contributed by atoms with Gasteiger partial charge in [0.25, 0.3) is 0 Å². The van der Waals surface area contributed by atoms with Crippen LogP contribution in [-0.2, 0) is 4.79 Å². The summed E-state index contributed by atoms with van der Waals surface area (Å²) in [6.45, 7) is 5.43. The van der Waals surface area contributed by atoms with Crippen LogP contribution in [0.3, 0.4) is 0 Å². The second-order valence-electron chi connectivity index (χ2n) is 6.62. The largest absolute Gasteiger partial charge is 0.497 e. The maximum atomic E-state index is 12.6. The lowest BCUT2D eigenvalue weighted by atomic mass is 10.2. The van der Waals surface area contributed by atoms with Crippen molar-refractivity contribution >= 4 is 17.3 Å². The summed E-state index contributed by atoms with van der Waals surface area (Å²) in [6.07, 6.45) is 0. The maximum Gasteiger partial charge on any atom is 0.241 e. The number of carbonyl (C=O) groups excluding carboxylic acids is 1. The number of rotatable bonds is 6. The van der Waals surface area contributed by atoms with Crippen molar-refractivity contribution in [1.29, 1.82) is 0 Å². The summed E-state index contributed by atoms with van der Waals surface area (Å²) in [6, 6.07) is 15.3. The number of hydrogen-bond acceptors (Lipinski definition) is 5. The van der Waals surface area contributed by atoms with Crippen LogP contribution >= 0.6 is 0 Å². The van der Waals surface area contributed by atoms with Gasteiger partial charge < -0.3 is 19.7 Å². The van der Waals surface area contributed by atoms with Gasteiger partial charge in [-0.05, 0) is 43.3 Å². The summed E-state index contributed by atoms with van der Waals surface area (Å²) in [4.78, 5) is 17.2. The van der Waals surface area contributed by atoms with E-state index in [0.29, 0.717) is 0 Å². The van der Waals surface area contributed by atoms with Crippen LogP contribution in [0.4, 0.5) is 11.4 Å². The Morgan fingerprint density at radius 3 is 2.26 bits per heavy atom. The quantitative estimate of drug-likeness (QED) is 0.849. The topological polar surface area (TPSA) is 54.0 Å². The van der Waals surface area contributed by atoms with E-state index in [-0.39, 0.29) is 11.9 Å². The molecule has 2 aromatic carbocycles. The molecule has 0 saturated carbocycles. The molecule has 0 unspecified atom stereocenters. The van der Waals surface area contributed by atoms with Crippen molar-refractivity contribution in [2.45, 2.75) is 13.0 Å². The standard InChI is InChI=1S/C21H27N3O3/c1-16(21(25)22-17-5-4-6-20(15-17)27-3)23-11-13-24(14-12-23)18-7-9-19(26-2)10-8-18/h4-10,15-16H,11-14H2,1-3H3,(H,22,25)/t16-/m0/s1. The van der Waals surface area contributed by atoms with Gasteiger partial charge in [0.05, 0.1) is 20.3 Å². The lowest BCUT2D eigenvalue weighted by Gasteiger charge is -2.38. The molecule has 3 rings (SSSR count). The molecule has 0 radical (unpaired) electrons. The van der Waals surface area contributed by atoms with Gasteiger partial charge in [0.1, 0.15) is 11.5 Å². The van der Waals surface area contributed by atoms with E-state index in [4.69, 9.17) is 9.47 Å². The molecule has 1 N–H and O–H groups in total. The zero-order chi connectivity index (χ0) is 19.2. The van der Waals surface area contributed by atoms with Crippen molar-refractivity contribution in [3.05, 3.63) is 48.5 Å². The third-order valence-corrected chi connectivity index (χ3v) is 5.02. The molecule has 1 amide bonds. The van der Waals surface area contributed by atoms with E-state index >= 15 is 0 Å². The Kier molecular flexibility index (Phi) is 6.19. The molecule has 1 heterocycles. The highest BCUT2D eigenvalue weighted by Crippen LogP contribution is 2.22. The molecule has 2 aromatic rings. The Morgan fingerprint density at radius 2 is 1.63 bits per heavy atom. The van der Waals surface area contributed by atoms with Crippen molar-refractivity contribution in [3.63, 3.8) is 0 Å². The monoisotopic (exact) mass is 369 g/mol. The first-order valence-corrected chi connectivity index (χ1v) is 9.18. The summed E-state index contributed by atoms with van der Waals surface area (Å²) >= 11 is 0. The van der Waals surface area contributed by atoms with E-state index in [9.17, 15) is 4.79 Å². The fourth-order valence-corrected chi connectivity index (χ4v) is 3.27. The lowest BCUT2D eigenvalue weighted by Crippen LogP contribution is -2.52. The molecule has 1 saturated heterocycles. The fraction of sp³-hybridized carbons (Fsp3) is 0.381. The number of anilines is 2. The number of carbonyl (C=O) groups is 1. The summed E-state index contributed by atoms with van der Waals surface area (Å²) in [5.74, 6) is 1.59. The number of amides is 1. The molecule has 6 nitrogen and oxygen atoms in total. The predicted molar refractivity (Wildman–Crippen MR) is 108 cm³/mol. The van der Waals surface area contributed by atoms with Crippen LogP contribution < -0.4 is 19.7 Å². The molecule has 0 aliphatic carbocycles. The smallest absolute Gasteiger partial charge is 0.241 e. The molecule has 1 aliphatic rings. The number of ether oxygens (including phenoxy) is 2. The minimum atomic E-state index is -0.186. The van der Waals surface area contributed by atoms with Crippen LogP contribution in [0.25, 0.3) is 0 Å². The molecule has 1 atom stereocenters. The Morgan fingerprint density at radius 1 is 0.963 bits per heavy atom. The van der Waals surface area contributed by atoms with Crippen molar-refractivity contribution in [2.24, 2.45) is 0 Å². The normalized spacial score (nSPS) is 15.9. The van der Waals surface area contributed by atoms with Gasteiger partial charge >= 0.3 is 0 Å². The molecule has 144 valence electrons. The summed E-state index contributed by atoms with van der Waals surface area (Å²) < 4.78 is 10.4. The zero-order valence-corrected chi connectivity index (χ0v) is 16.1. The number of hydrogen-bond donors (Lipinski definition) is 1. The molecule has 0 spiro atoms. The van der Waals surface area contributed by atoms with E-state index in [1.807, 2.05) is 43.3 Å². The lowest BCUT2D eigenvalue weighted by molar-refractivity contribution is -0.120. The van der Waals surface area contributed by atoms with Crippen molar-refractivity contribution in [1.82, 2.24) is 4.90 Å². The van der Waals surface area contributed by atoms with Crippen molar-refractivity contribution in [3.8, 4) is 11.5 Å². The van der Waals surface area contributed by atoms with Crippen LogP contribution in [0.2, 0.25) is 0 Å². The summed E-state index contributed by atoms with van der Waals surface area (Å²) in [5, 5.41) is 2.98. The van der Waals surface area contributed by atoms with Gasteiger partial charge in [-0.15, -0.1) is 0 Å². The molecular weight excluding hydrogens is 342 g/mol. The number of piperazine rings is 1. The Balaban J connectivity index is 1.54. The molecule has 0 aromatic heterocycles. The maximum absolute atomic E-state index is 12.6. The SMILES string of the molecule is COc1ccc(N2CCN([C@@H](C)C(=O)Nc3cccc(OC)c3)CC2)cc1. The minimum absolute atomic E-state index is 0.00107. The molecule has 0 bridgehead atoms. The summed E-state index contributed by atoms with van der Waals surface area (Å²) in [7, 11) is 3.29. The van der Waals surface area contributed by atoms with Gasteiger partial charge in [-0.25, -0.2) is 0 Å². The van der Waals surface area contributed by atoms with Gasteiger partial charge in [-0.2, -0.15) is 0 Å². The summed E-state index contributed by atoms with van der Waals surface area (Å²) in [5.41, 5.74) is 1.94. The number of benzene rings is 2. The van der Waals surface area contributed by atoms with E-state index in [1.54, 1.807) is 14.2 Å². The van der Waals surface area contributed by atoms with Gasteiger partial charge in [0.2, 0.25) is 5.91 Å². The first kappa shape index (κ1) is 19.0. The number of nitrogens with one attached hydrogen (secondary N) is 1. The Labute approximate surface area is 160 Å². The van der Waals surface area contributed by atoms with E-state index < -0.39 is 0 Å². The highest BCUT2D eigenvalue weighted by Gasteiger charge is 2.25. The van der Waals surface area contributed by atoms with E-state index in [0.717, 1.165) is 43.4 Å². The fourth-order valence-electron chi connectivity index (χ4n) is 3.27. The highest BCUT2D eigenvalue weighted by molar-refractivity contribution is 5.94. The third kappa shape index (κ3) is 4.71. The van der Waals surface area contributed by atoms with Crippen molar-refractivity contribution in [2.75, 3.05) is 50.6 Å². The molecular formula is C21H27N3O3. The number of nitrogens with zero attached hydrogens (tertiary/aromatic N) is 2. The second-order valence-corrected chi connectivity index (χ2v) is 6.62. The Hall–Kier alpha value is -2.73. The molecule has 1 aliphatic heterocycles. The predicted octanol–water partition coefficient (Wildman–Crippen LogP) is 2.85. The van der Waals surface area contributed by atoms with Gasteiger partial charge in [0.15, 0.2) is 0 Å².